The van der Waals surface area contributed by atoms with Crippen LogP contribution in [-0.4, -0.2) is 26.0 Å². The number of carboxylic acids is 1. The quantitative estimate of drug-likeness (QED) is 0.363. The summed E-state index contributed by atoms with van der Waals surface area (Å²) in [7, 11) is 0. The molecule has 0 saturated carbocycles. The maximum atomic E-state index is 12.6. The van der Waals surface area contributed by atoms with Gasteiger partial charge in [-0.25, -0.2) is 0 Å². The maximum Gasteiger partial charge on any atom is 0.318 e. The number of nitrogens with zero attached hydrogens (tertiary/aromatic N) is 3. The first-order chi connectivity index (χ1) is 17.7. The van der Waals surface area contributed by atoms with Gasteiger partial charge in [0.05, 0.1) is 46.0 Å². The van der Waals surface area contributed by atoms with Gasteiger partial charge >= 0.3 is 5.97 Å². The second kappa shape index (κ2) is 9.19. The molecule has 1 aliphatic rings. The monoisotopic (exact) mass is 469 g/mol. The summed E-state index contributed by atoms with van der Waals surface area (Å²) in [5.74, 6) is -2.46. The van der Waals surface area contributed by atoms with Crippen LogP contribution in [0.15, 0.2) is 115 Å². The van der Waals surface area contributed by atoms with Crippen molar-refractivity contribution in [2.75, 3.05) is 0 Å². The van der Waals surface area contributed by atoms with Crippen LogP contribution in [-0.2, 0) is 4.79 Å². The summed E-state index contributed by atoms with van der Waals surface area (Å²) in [6.07, 6.45) is 0. The van der Waals surface area contributed by atoms with Crippen LogP contribution in [0.2, 0.25) is 0 Å². The van der Waals surface area contributed by atoms with Crippen LogP contribution in [0.3, 0.4) is 0 Å². The van der Waals surface area contributed by atoms with Crippen LogP contribution in [0.25, 0.3) is 0 Å². The average molecular weight is 470 g/mol. The van der Waals surface area contributed by atoms with E-state index in [0.717, 1.165) is 33.9 Å². The highest BCUT2D eigenvalue weighted by Crippen LogP contribution is 2.36. The standard InChI is InChI=1S/C31H23N3O2/c35-31(36)30-26-18-8-16-24(33-26)28(20-10-3-1-4-11-20)22-14-7-15-23(32-22)29(21-12-5-2-6-13-21)25-17-9-19-27(30)34-25/h1-19,28-30H,(H,35,36). The molecule has 3 aromatic heterocycles. The van der Waals surface area contributed by atoms with Gasteiger partial charge in [-0.15, -0.1) is 0 Å². The highest BCUT2D eigenvalue weighted by molar-refractivity contribution is 5.79. The van der Waals surface area contributed by atoms with Gasteiger partial charge in [-0.05, 0) is 47.5 Å². The lowest BCUT2D eigenvalue weighted by molar-refractivity contribution is -0.137. The summed E-state index contributed by atoms with van der Waals surface area (Å²) < 4.78 is 0. The Bertz CT molecular complexity index is 1430. The summed E-state index contributed by atoms with van der Waals surface area (Å²) in [6, 6.07) is 37.4. The first kappa shape index (κ1) is 21.9. The van der Waals surface area contributed by atoms with E-state index in [4.69, 9.17) is 15.0 Å². The third kappa shape index (κ3) is 3.95. The van der Waals surface area contributed by atoms with E-state index in [1.165, 1.54) is 0 Å². The molecule has 1 aliphatic heterocycles. The molecule has 2 atom stereocenters. The van der Waals surface area contributed by atoms with Gasteiger partial charge in [-0.2, -0.15) is 0 Å². The van der Waals surface area contributed by atoms with Gasteiger partial charge in [-0.1, -0.05) is 78.9 Å². The van der Waals surface area contributed by atoms with E-state index >= 15 is 0 Å². The minimum atomic E-state index is -0.983. The number of fused-ring (bicyclic) bond motifs is 6. The lowest BCUT2D eigenvalue weighted by Gasteiger charge is -2.24. The molecule has 5 nitrogen and oxygen atoms in total. The van der Waals surface area contributed by atoms with Crippen molar-refractivity contribution >= 4 is 5.97 Å². The number of rotatable bonds is 3. The Morgan fingerprint density at radius 1 is 0.472 bits per heavy atom. The van der Waals surface area contributed by atoms with Crippen molar-refractivity contribution in [2.24, 2.45) is 0 Å². The lowest BCUT2D eigenvalue weighted by Crippen LogP contribution is -2.20. The first-order valence-electron chi connectivity index (χ1n) is 11.9. The Balaban J connectivity index is 1.68. The molecule has 0 radical (unpaired) electrons. The van der Waals surface area contributed by atoms with Crippen molar-refractivity contribution in [3.05, 3.63) is 161 Å². The number of pyridine rings is 3. The molecule has 5 aromatic rings. The van der Waals surface area contributed by atoms with Crippen LogP contribution < -0.4 is 0 Å². The minimum absolute atomic E-state index is 0.248. The van der Waals surface area contributed by atoms with Crippen molar-refractivity contribution in [3.63, 3.8) is 0 Å². The molecule has 2 unspecified atom stereocenters. The van der Waals surface area contributed by atoms with E-state index in [1.54, 1.807) is 12.1 Å². The molecule has 36 heavy (non-hydrogen) atoms. The number of carboxylic acid groups (broad SMARTS) is 1. The molecule has 0 fully saturated rings. The minimum Gasteiger partial charge on any atom is -0.480 e. The fourth-order valence-electron chi connectivity index (χ4n) is 5.05. The van der Waals surface area contributed by atoms with Gasteiger partial charge in [-0.3, -0.25) is 19.7 Å². The lowest BCUT2D eigenvalue weighted by atomic mass is 9.87. The van der Waals surface area contributed by atoms with Crippen molar-refractivity contribution in [1.29, 1.82) is 0 Å². The normalized spacial score (nSPS) is 18.5. The van der Waals surface area contributed by atoms with Gasteiger partial charge < -0.3 is 5.11 Å². The molecule has 4 heterocycles. The van der Waals surface area contributed by atoms with Crippen LogP contribution in [0.5, 0.6) is 0 Å². The highest BCUT2D eigenvalue weighted by atomic mass is 16.4. The van der Waals surface area contributed by atoms with Crippen LogP contribution in [0.1, 0.15) is 63.0 Å². The fraction of sp³-hybridized carbons (Fsp3) is 0.0968. The Hall–Kier alpha value is -4.64. The molecule has 6 bridgehead atoms. The zero-order valence-electron chi connectivity index (χ0n) is 19.4. The predicted molar refractivity (Wildman–Crippen MR) is 137 cm³/mol. The molecule has 0 amide bonds. The second-order valence-electron chi connectivity index (χ2n) is 8.92. The van der Waals surface area contributed by atoms with Crippen LogP contribution in [0, 0.1) is 0 Å². The fourth-order valence-corrected chi connectivity index (χ4v) is 5.05. The number of hydrogen-bond donors (Lipinski definition) is 1. The molecule has 2 aromatic carbocycles. The molecule has 6 rings (SSSR count). The zero-order valence-corrected chi connectivity index (χ0v) is 19.4. The predicted octanol–water partition coefficient (Wildman–Crippen LogP) is 5.76. The van der Waals surface area contributed by atoms with E-state index in [2.05, 4.69) is 24.3 Å². The summed E-state index contributed by atoms with van der Waals surface area (Å²) >= 11 is 0. The number of carbonyl (C=O) groups is 1. The summed E-state index contributed by atoms with van der Waals surface area (Å²) in [5.41, 5.74) is 6.22. The summed E-state index contributed by atoms with van der Waals surface area (Å²) in [5, 5.41) is 10.3. The molecule has 1 N–H and O–H groups in total. The van der Waals surface area contributed by atoms with Gasteiger partial charge in [0.1, 0.15) is 5.92 Å². The maximum absolute atomic E-state index is 12.6. The Kier molecular flexibility index (Phi) is 5.58. The average Bonchev–Trinajstić information content (AvgIpc) is 2.91. The number of aliphatic carboxylic acids is 1. The van der Waals surface area contributed by atoms with E-state index < -0.39 is 11.9 Å². The second-order valence-corrected chi connectivity index (χ2v) is 8.92. The SMILES string of the molecule is O=C(O)C1c2cccc(n2)C(c2ccccc2)c2cccc(n2)C(c2ccccc2)c2cccc1n2. The molecular formula is C31H23N3O2. The van der Waals surface area contributed by atoms with E-state index in [0.29, 0.717) is 11.4 Å². The topological polar surface area (TPSA) is 76.0 Å². The molecular weight excluding hydrogens is 446 g/mol. The smallest absolute Gasteiger partial charge is 0.318 e. The first-order valence-corrected chi connectivity index (χ1v) is 11.9. The van der Waals surface area contributed by atoms with Gasteiger partial charge in [0, 0.05) is 0 Å². The number of aromatic nitrogens is 3. The summed E-state index contributed by atoms with van der Waals surface area (Å²) in [4.78, 5) is 27.5. The van der Waals surface area contributed by atoms with Gasteiger partial charge in [0.25, 0.3) is 0 Å². The highest BCUT2D eigenvalue weighted by Gasteiger charge is 2.30. The molecule has 174 valence electrons. The molecule has 0 spiro atoms. The van der Waals surface area contributed by atoms with Crippen molar-refractivity contribution in [1.82, 2.24) is 15.0 Å². The van der Waals surface area contributed by atoms with Gasteiger partial charge in [0.15, 0.2) is 0 Å². The van der Waals surface area contributed by atoms with Crippen molar-refractivity contribution in [3.8, 4) is 0 Å². The van der Waals surface area contributed by atoms with Crippen molar-refractivity contribution in [2.45, 2.75) is 17.8 Å². The number of hydrogen-bond acceptors (Lipinski definition) is 4. The van der Waals surface area contributed by atoms with E-state index in [1.807, 2.05) is 78.9 Å². The Morgan fingerprint density at radius 2 is 0.806 bits per heavy atom. The molecule has 0 aliphatic carbocycles. The van der Waals surface area contributed by atoms with Crippen LogP contribution >= 0.6 is 0 Å². The Labute approximate surface area is 209 Å². The van der Waals surface area contributed by atoms with E-state index in [9.17, 15) is 9.90 Å². The largest absolute Gasteiger partial charge is 0.480 e. The third-order valence-electron chi connectivity index (χ3n) is 6.66. The molecule has 0 saturated heterocycles. The number of benzene rings is 2. The summed E-state index contributed by atoms with van der Waals surface area (Å²) in [6.45, 7) is 0. The van der Waals surface area contributed by atoms with E-state index in [-0.39, 0.29) is 11.8 Å². The van der Waals surface area contributed by atoms with Crippen LogP contribution in [0.4, 0.5) is 0 Å². The van der Waals surface area contributed by atoms with Crippen molar-refractivity contribution < 1.29 is 9.90 Å². The van der Waals surface area contributed by atoms with Gasteiger partial charge in [0.2, 0.25) is 0 Å². The zero-order chi connectivity index (χ0) is 24.5. The Morgan fingerprint density at radius 3 is 1.17 bits per heavy atom. The third-order valence-corrected chi connectivity index (χ3v) is 6.66. The molecule has 5 heteroatoms.